The lowest BCUT2D eigenvalue weighted by atomic mass is 10.3. The van der Waals surface area contributed by atoms with Gasteiger partial charge in [0.1, 0.15) is 6.17 Å². The van der Waals surface area contributed by atoms with E-state index in [1.807, 2.05) is 0 Å². The lowest BCUT2D eigenvalue weighted by Crippen LogP contribution is -2.27. The number of likely N-dealkylation sites (tertiary alicyclic amines) is 1. The highest BCUT2D eigenvalue weighted by atomic mass is 28.3. The average Bonchev–Trinajstić information content (AvgIpc) is 2.44. The van der Waals surface area contributed by atoms with Crippen molar-refractivity contribution in [3.05, 3.63) is 0 Å². The predicted molar refractivity (Wildman–Crippen MR) is 60.1 cm³/mol. The van der Waals surface area contributed by atoms with E-state index in [4.69, 9.17) is 4.74 Å². The van der Waals surface area contributed by atoms with E-state index in [9.17, 15) is 4.39 Å². The Morgan fingerprint density at radius 2 is 2.14 bits per heavy atom. The Morgan fingerprint density at radius 3 is 2.64 bits per heavy atom. The molecular weight excluding hydrogens is 197 g/mol. The highest BCUT2D eigenvalue weighted by Gasteiger charge is 2.21. The van der Waals surface area contributed by atoms with Gasteiger partial charge in [0, 0.05) is 27.8 Å². The molecule has 0 aliphatic carbocycles. The summed E-state index contributed by atoms with van der Waals surface area (Å²) in [6, 6.07) is 1.19. The van der Waals surface area contributed by atoms with Gasteiger partial charge < -0.3 is 4.74 Å². The average molecular weight is 219 g/mol. The van der Waals surface area contributed by atoms with Crippen LogP contribution in [0, 0.1) is 0 Å². The Morgan fingerprint density at radius 1 is 1.43 bits per heavy atom. The normalized spacial score (nSPS) is 24.4. The van der Waals surface area contributed by atoms with Crippen LogP contribution in [0.25, 0.3) is 0 Å². The van der Waals surface area contributed by atoms with Gasteiger partial charge in [-0.25, -0.2) is 4.39 Å². The quantitative estimate of drug-likeness (QED) is 0.520. The summed E-state index contributed by atoms with van der Waals surface area (Å²) < 4.78 is 18.3. The van der Waals surface area contributed by atoms with Crippen LogP contribution in [0.1, 0.15) is 6.42 Å². The molecule has 0 radical (unpaired) electrons. The van der Waals surface area contributed by atoms with Crippen LogP contribution in [0.4, 0.5) is 4.39 Å². The van der Waals surface area contributed by atoms with Gasteiger partial charge in [0.15, 0.2) is 0 Å². The smallest absolute Gasteiger partial charge is 0.114 e. The molecule has 0 aromatic carbocycles. The summed E-state index contributed by atoms with van der Waals surface area (Å²) >= 11 is 0. The molecule has 0 saturated carbocycles. The molecule has 1 aliphatic rings. The summed E-state index contributed by atoms with van der Waals surface area (Å²) in [7, 11) is -0.965. The number of hydrogen-bond donors (Lipinski definition) is 0. The van der Waals surface area contributed by atoms with Crippen molar-refractivity contribution in [2.24, 2.45) is 0 Å². The van der Waals surface area contributed by atoms with Crippen LogP contribution in [-0.4, -0.2) is 45.6 Å². The fourth-order valence-corrected chi connectivity index (χ4v) is 2.23. The van der Waals surface area contributed by atoms with Gasteiger partial charge in [-0.05, 0) is 12.5 Å². The molecule has 0 aromatic rings. The monoisotopic (exact) mass is 219 g/mol. The third-order valence-corrected chi connectivity index (χ3v) is 4.19. The van der Waals surface area contributed by atoms with E-state index in [2.05, 4.69) is 24.5 Å². The third kappa shape index (κ3) is 5.07. The second-order valence-corrected chi connectivity index (χ2v) is 10.9. The van der Waals surface area contributed by atoms with E-state index < -0.39 is 14.2 Å². The first kappa shape index (κ1) is 12.1. The second-order valence-electron chi connectivity index (χ2n) is 5.31. The lowest BCUT2D eigenvalue weighted by Gasteiger charge is -2.18. The van der Waals surface area contributed by atoms with Crippen molar-refractivity contribution in [1.82, 2.24) is 4.90 Å². The zero-order valence-corrected chi connectivity index (χ0v) is 10.6. The highest BCUT2D eigenvalue weighted by Crippen LogP contribution is 2.12. The van der Waals surface area contributed by atoms with E-state index in [-0.39, 0.29) is 0 Å². The van der Waals surface area contributed by atoms with E-state index in [1.165, 1.54) is 6.04 Å². The lowest BCUT2D eigenvalue weighted by molar-refractivity contribution is 0.0458. The number of alkyl halides is 1. The molecule has 0 amide bonds. The van der Waals surface area contributed by atoms with Crippen LogP contribution < -0.4 is 0 Å². The third-order valence-electron chi connectivity index (χ3n) is 2.49. The van der Waals surface area contributed by atoms with E-state index >= 15 is 0 Å². The van der Waals surface area contributed by atoms with Crippen LogP contribution in [0.3, 0.4) is 0 Å². The molecule has 0 unspecified atom stereocenters. The first-order valence-electron chi connectivity index (χ1n) is 5.41. The maximum absolute atomic E-state index is 12.8. The Kier molecular flexibility index (Phi) is 4.54. The maximum atomic E-state index is 12.8. The van der Waals surface area contributed by atoms with Crippen molar-refractivity contribution in [2.45, 2.75) is 38.3 Å². The Labute approximate surface area is 87.4 Å². The molecule has 1 atom stereocenters. The topological polar surface area (TPSA) is 12.5 Å². The summed E-state index contributed by atoms with van der Waals surface area (Å²) in [5.41, 5.74) is 0. The number of rotatable bonds is 5. The van der Waals surface area contributed by atoms with Crippen LogP contribution in [-0.2, 0) is 4.74 Å². The molecular formula is C10H22FNOSi. The van der Waals surface area contributed by atoms with Gasteiger partial charge in [-0.3, -0.25) is 4.90 Å². The molecule has 0 bridgehead atoms. The molecule has 0 N–H and O–H groups in total. The minimum Gasteiger partial charge on any atom is -0.366 e. The predicted octanol–water partition coefficient (Wildman–Crippen LogP) is 2.34. The van der Waals surface area contributed by atoms with Gasteiger partial charge in [0.2, 0.25) is 0 Å². The van der Waals surface area contributed by atoms with Gasteiger partial charge in [-0.1, -0.05) is 19.6 Å². The molecule has 4 heteroatoms. The van der Waals surface area contributed by atoms with Crippen LogP contribution >= 0.6 is 0 Å². The molecule has 1 saturated heterocycles. The van der Waals surface area contributed by atoms with E-state index in [1.54, 1.807) is 0 Å². The summed E-state index contributed by atoms with van der Waals surface area (Å²) in [4.78, 5) is 2.05. The summed E-state index contributed by atoms with van der Waals surface area (Å²) in [5.74, 6) is 0. The summed E-state index contributed by atoms with van der Waals surface area (Å²) in [6.45, 7) is 9.88. The molecule has 84 valence electrons. The van der Waals surface area contributed by atoms with Crippen molar-refractivity contribution in [3.8, 4) is 0 Å². The Hall–Kier alpha value is 0.0669. The van der Waals surface area contributed by atoms with Gasteiger partial charge in [-0.2, -0.15) is 0 Å². The van der Waals surface area contributed by atoms with Crippen LogP contribution in [0.15, 0.2) is 0 Å². The van der Waals surface area contributed by atoms with Gasteiger partial charge in [0.05, 0.1) is 6.73 Å². The van der Waals surface area contributed by atoms with Gasteiger partial charge in [0.25, 0.3) is 0 Å². The maximum Gasteiger partial charge on any atom is 0.114 e. The highest BCUT2D eigenvalue weighted by molar-refractivity contribution is 6.76. The van der Waals surface area contributed by atoms with Crippen LogP contribution in [0.2, 0.25) is 25.7 Å². The summed E-state index contributed by atoms with van der Waals surface area (Å²) in [5, 5.41) is 0. The summed E-state index contributed by atoms with van der Waals surface area (Å²) in [6.07, 6.45) is 0.0489. The first-order chi connectivity index (χ1) is 6.47. The van der Waals surface area contributed by atoms with E-state index in [0.717, 1.165) is 13.2 Å². The Bertz CT molecular complexity index is 172. The zero-order valence-electron chi connectivity index (χ0n) is 9.55. The molecule has 14 heavy (non-hydrogen) atoms. The van der Waals surface area contributed by atoms with Crippen molar-refractivity contribution in [3.63, 3.8) is 0 Å². The molecule has 1 rings (SSSR count). The number of hydrogen-bond acceptors (Lipinski definition) is 2. The largest absolute Gasteiger partial charge is 0.366 e. The van der Waals surface area contributed by atoms with Crippen molar-refractivity contribution < 1.29 is 9.13 Å². The minimum atomic E-state index is -0.965. The number of nitrogens with zero attached hydrogens (tertiary/aromatic N) is 1. The minimum absolute atomic E-state index is 0.562. The molecule has 1 fully saturated rings. The fourth-order valence-electron chi connectivity index (χ4n) is 1.47. The molecule has 2 nitrogen and oxygen atoms in total. The zero-order chi connectivity index (χ0) is 10.6. The van der Waals surface area contributed by atoms with E-state index in [0.29, 0.717) is 19.7 Å². The van der Waals surface area contributed by atoms with Crippen LogP contribution in [0.5, 0.6) is 0 Å². The molecule has 1 aliphatic heterocycles. The standard InChI is InChI=1S/C10H22FNOSi/c1-14(2,3)7-6-13-9-12-5-4-10(11)8-12/h10H,4-9H2,1-3H3/t10-/m1/s1. The van der Waals surface area contributed by atoms with Crippen molar-refractivity contribution >= 4 is 8.07 Å². The van der Waals surface area contributed by atoms with Crippen molar-refractivity contribution in [2.75, 3.05) is 26.4 Å². The molecule has 1 heterocycles. The van der Waals surface area contributed by atoms with Gasteiger partial charge >= 0.3 is 0 Å². The first-order valence-corrected chi connectivity index (χ1v) is 9.12. The number of ether oxygens (including phenoxy) is 1. The van der Waals surface area contributed by atoms with Gasteiger partial charge in [-0.15, -0.1) is 0 Å². The number of halogens is 1. The fraction of sp³-hybridized carbons (Fsp3) is 1.00. The van der Waals surface area contributed by atoms with Crippen molar-refractivity contribution in [1.29, 1.82) is 0 Å². The second kappa shape index (κ2) is 5.23. The molecule has 0 aromatic heterocycles. The Balaban J connectivity index is 1.99. The SMILES string of the molecule is C[Si](C)(C)CCOCN1CC[C@@H](F)C1. The molecule has 0 spiro atoms.